The fraction of sp³-hybridized carbons (Fsp3) is 0.917. The largest absolute Gasteiger partial charge is 0.457 e. The maximum absolute atomic E-state index is 11.8. The lowest BCUT2D eigenvalue weighted by molar-refractivity contribution is -0.200. The summed E-state index contributed by atoms with van der Waals surface area (Å²) in [5.74, 6) is -1.39. The van der Waals surface area contributed by atoms with Crippen LogP contribution in [-0.4, -0.2) is 47.8 Å². The second-order valence-electron chi connectivity index (χ2n) is 5.44. The van der Waals surface area contributed by atoms with Crippen LogP contribution in [0.2, 0.25) is 0 Å². The molecule has 3 aliphatic rings. The summed E-state index contributed by atoms with van der Waals surface area (Å²) in [7, 11) is 0. The van der Waals surface area contributed by atoms with Crippen LogP contribution >= 0.6 is 0 Å². The van der Waals surface area contributed by atoms with Gasteiger partial charge in [0.2, 0.25) is 0 Å². The van der Waals surface area contributed by atoms with Gasteiger partial charge in [0.05, 0.1) is 6.61 Å². The minimum absolute atomic E-state index is 0.338. The molecule has 2 aliphatic heterocycles. The van der Waals surface area contributed by atoms with Gasteiger partial charge in [-0.1, -0.05) is 11.5 Å². The number of rotatable bonds is 2. The van der Waals surface area contributed by atoms with E-state index >= 15 is 0 Å². The first-order valence-electron chi connectivity index (χ1n) is 6.90. The molecule has 3 rings (SSSR count). The van der Waals surface area contributed by atoms with Crippen molar-refractivity contribution in [1.82, 2.24) is 0 Å². The van der Waals surface area contributed by atoms with Crippen LogP contribution in [0.25, 0.3) is 10.4 Å². The molecule has 2 heterocycles. The average Bonchev–Trinajstić information content (AvgIpc) is 2.81. The average molecular weight is 283 g/mol. The molecule has 0 aromatic carbocycles. The topological polar surface area (TPSA) is 114 Å². The van der Waals surface area contributed by atoms with Crippen molar-refractivity contribution >= 4 is 5.97 Å². The van der Waals surface area contributed by atoms with Crippen LogP contribution in [0.4, 0.5) is 0 Å². The first-order chi connectivity index (χ1) is 9.69. The third-order valence-corrected chi connectivity index (χ3v) is 4.18. The van der Waals surface area contributed by atoms with Gasteiger partial charge in [0.15, 0.2) is 17.9 Å². The summed E-state index contributed by atoms with van der Waals surface area (Å²) in [4.78, 5) is 14.5. The van der Waals surface area contributed by atoms with Crippen LogP contribution in [0, 0.1) is 0 Å². The number of carbonyl (C=O) groups is 1. The highest BCUT2D eigenvalue weighted by molar-refractivity contribution is 5.78. The summed E-state index contributed by atoms with van der Waals surface area (Å²) in [6.45, 7) is -0.338. The van der Waals surface area contributed by atoms with Crippen molar-refractivity contribution in [2.45, 2.75) is 62.2 Å². The summed E-state index contributed by atoms with van der Waals surface area (Å²) in [6, 6.07) is -1.05. The summed E-state index contributed by atoms with van der Waals surface area (Å²) in [6.07, 6.45) is 2.58. The molecule has 0 aromatic rings. The second-order valence-corrected chi connectivity index (χ2v) is 5.44. The standard InChI is InChI=1S/C12H17N3O5/c13-15-14-8-10-9(7(6-16)18-11(8)17)19-12(20-10)4-2-1-3-5-12/h7-10,16H,1-6H2/t7-,8+,9-,10+/m1/s1. The third kappa shape index (κ3) is 2.14. The van der Waals surface area contributed by atoms with E-state index in [0.717, 1.165) is 32.1 Å². The van der Waals surface area contributed by atoms with Crippen LogP contribution in [0.15, 0.2) is 5.11 Å². The second kappa shape index (κ2) is 5.21. The zero-order valence-electron chi connectivity index (χ0n) is 11.0. The van der Waals surface area contributed by atoms with Crippen molar-refractivity contribution < 1.29 is 24.1 Å². The molecule has 0 radical (unpaired) electrons. The van der Waals surface area contributed by atoms with Crippen LogP contribution in [0.3, 0.4) is 0 Å². The molecular weight excluding hydrogens is 266 g/mol. The molecule has 1 spiro atoms. The van der Waals surface area contributed by atoms with Crippen molar-refractivity contribution in [2.75, 3.05) is 6.61 Å². The molecule has 110 valence electrons. The zero-order chi connectivity index (χ0) is 14.2. The van der Waals surface area contributed by atoms with Crippen LogP contribution in [-0.2, 0) is 19.0 Å². The fourth-order valence-corrected chi connectivity index (χ4v) is 3.25. The van der Waals surface area contributed by atoms with Gasteiger partial charge >= 0.3 is 5.97 Å². The number of esters is 1. The van der Waals surface area contributed by atoms with Crippen molar-refractivity contribution in [3.8, 4) is 0 Å². The number of hydrogen-bond donors (Lipinski definition) is 1. The summed E-state index contributed by atoms with van der Waals surface area (Å²) < 4.78 is 17.0. The Morgan fingerprint density at radius 2 is 2.00 bits per heavy atom. The van der Waals surface area contributed by atoms with Gasteiger partial charge in [0.25, 0.3) is 0 Å². The Hall–Kier alpha value is -1.34. The van der Waals surface area contributed by atoms with Crippen molar-refractivity contribution in [2.24, 2.45) is 5.11 Å². The fourth-order valence-electron chi connectivity index (χ4n) is 3.25. The minimum Gasteiger partial charge on any atom is -0.457 e. The van der Waals surface area contributed by atoms with E-state index in [1.54, 1.807) is 0 Å². The molecule has 1 N–H and O–H groups in total. The highest BCUT2D eigenvalue weighted by atomic mass is 16.8. The smallest absolute Gasteiger partial charge is 0.318 e. The molecule has 0 amide bonds. The Morgan fingerprint density at radius 3 is 2.65 bits per heavy atom. The van der Waals surface area contributed by atoms with Crippen LogP contribution in [0.1, 0.15) is 32.1 Å². The monoisotopic (exact) mass is 283 g/mol. The Bertz CT molecular complexity index is 444. The van der Waals surface area contributed by atoms with Crippen molar-refractivity contribution in [1.29, 1.82) is 0 Å². The van der Waals surface area contributed by atoms with Gasteiger partial charge in [0, 0.05) is 17.8 Å². The minimum atomic E-state index is -1.05. The van der Waals surface area contributed by atoms with Gasteiger partial charge < -0.3 is 19.3 Å². The summed E-state index contributed by atoms with van der Waals surface area (Å²) in [5.41, 5.74) is 8.59. The van der Waals surface area contributed by atoms with Crippen molar-refractivity contribution in [3.05, 3.63) is 10.4 Å². The number of aliphatic hydroxyl groups excluding tert-OH is 1. The van der Waals surface area contributed by atoms with E-state index in [4.69, 9.17) is 19.7 Å². The molecular formula is C12H17N3O5. The Morgan fingerprint density at radius 1 is 1.30 bits per heavy atom. The van der Waals surface area contributed by atoms with Gasteiger partial charge in [-0.25, -0.2) is 0 Å². The van der Waals surface area contributed by atoms with Gasteiger partial charge in [0.1, 0.15) is 12.2 Å². The van der Waals surface area contributed by atoms with Gasteiger partial charge in [-0.2, -0.15) is 0 Å². The normalized spacial score (nSPS) is 39.0. The van der Waals surface area contributed by atoms with Gasteiger partial charge in [-0.05, 0) is 18.4 Å². The summed E-state index contributed by atoms with van der Waals surface area (Å²) in [5, 5.41) is 12.8. The van der Waals surface area contributed by atoms with E-state index in [0.29, 0.717) is 0 Å². The molecule has 3 fully saturated rings. The first-order valence-corrected chi connectivity index (χ1v) is 6.90. The lowest BCUT2D eigenvalue weighted by atomic mass is 9.94. The maximum atomic E-state index is 11.8. The zero-order valence-corrected chi connectivity index (χ0v) is 11.0. The van der Waals surface area contributed by atoms with Crippen LogP contribution in [0.5, 0.6) is 0 Å². The van der Waals surface area contributed by atoms with Gasteiger partial charge in [-0.3, -0.25) is 4.79 Å². The van der Waals surface area contributed by atoms with Crippen LogP contribution < -0.4 is 0 Å². The molecule has 20 heavy (non-hydrogen) atoms. The van der Waals surface area contributed by atoms with E-state index in [9.17, 15) is 9.90 Å². The quantitative estimate of drug-likeness (QED) is 0.352. The van der Waals surface area contributed by atoms with E-state index in [1.165, 1.54) is 0 Å². The van der Waals surface area contributed by atoms with E-state index in [1.807, 2.05) is 0 Å². The number of cyclic esters (lactones) is 1. The van der Waals surface area contributed by atoms with E-state index in [2.05, 4.69) is 10.0 Å². The molecule has 4 atom stereocenters. The molecule has 2 saturated heterocycles. The molecule has 0 aromatic heterocycles. The number of nitrogens with zero attached hydrogens (tertiary/aromatic N) is 3. The number of carbonyl (C=O) groups excluding carboxylic acids is 1. The molecule has 0 bridgehead atoms. The first kappa shape index (κ1) is 13.6. The predicted molar refractivity (Wildman–Crippen MR) is 65.5 cm³/mol. The SMILES string of the molecule is [N-]=[N+]=N[C@@H]1C(=O)O[C@H](CO)[C@H]2OC3(CCCCC3)O[C@H]21. The number of ether oxygens (including phenoxy) is 3. The summed E-state index contributed by atoms with van der Waals surface area (Å²) >= 11 is 0. The molecule has 8 heteroatoms. The van der Waals surface area contributed by atoms with E-state index in [-0.39, 0.29) is 6.61 Å². The van der Waals surface area contributed by atoms with Gasteiger partial charge in [-0.15, -0.1) is 0 Å². The Balaban J connectivity index is 1.87. The molecule has 0 unspecified atom stereocenters. The lowest BCUT2D eigenvalue weighted by Gasteiger charge is -2.33. The Kier molecular flexibility index (Phi) is 3.55. The third-order valence-electron chi connectivity index (χ3n) is 4.18. The van der Waals surface area contributed by atoms with Crippen molar-refractivity contribution in [3.63, 3.8) is 0 Å². The number of hydrogen-bond acceptors (Lipinski definition) is 6. The number of azide groups is 1. The molecule has 1 saturated carbocycles. The predicted octanol–water partition coefficient (Wildman–Crippen LogP) is 1.03. The highest BCUT2D eigenvalue weighted by Crippen LogP contribution is 2.44. The number of aliphatic hydroxyl groups is 1. The maximum Gasteiger partial charge on any atom is 0.318 e. The molecule has 1 aliphatic carbocycles. The van der Waals surface area contributed by atoms with E-state index < -0.39 is 36.1 Å². The lowest BCUT2D eigenvalue weighted by Crippen LogP contribution is -2.54. The Labute approximate surface area is 115 Å². The molecule has 8 nitrogen and oxygen atoms in total. The number of fused-ring (bicyclic) bond motifs is 1. The highest BCUT2D eigenvalue weighted by Gasteiger charge is 2.58.